The van der Waals surface area contributed by atoms with Gasteiger partial charge >= 0.3 is 0 Å². The quantitative estimate of drug-likeness (QED) is 0.422. The highest BCUT2D eigenvalue weighted by molar-refractivity contribution is 5.61. The molecule has 1 aromatic heterocycles. The average molecular weight is 138 g/mol. The molecule has 0 aromatic carbocycles. The van der Waals surface area contributed by atoms with Crippen molar-refractivity contribution in [3.8, 4) is 0 Å². The van der Waals surface area contributed by atoms with Crippen LogP contribution >= 0.6 is 0 Å². The van der Waals surface area contributed by atoms with E-state index >= 15 is 0 Å². The highest BCUT2D eigenvalue weighted by Gasteiger charge is 1.98. The fourth-order valence-corrected chi connectivity index (χ4v) is 0.707. The highest BCUT2D eigenvalue weighted by Crippen LogP contribution is 2.14. The maximum absolute atomic E-state index is 5.49. The van der Waals surface area contributed by atoms with Crippen LogP contribution in [0.1, 0.15) is 0 Å². The Morgan fingerprint density at radius 3 is 2.70 bits per heavy atom. The Hall–Kier alpha value is -1.29. The Morgan fingerprint density at radius 2 is 2.30 bits per heavy atom. The van der Waals surface area contributed by atoms with Gasteiger partial charge < -0.3 is 10.7 Å². The third-order valence-corrected chi connectivity index (χ3v) is 1.20. The molecule has 0 bridgehead atoms. The number of nitrogen functional groups attached to an aromatic ring is 1. The Labute approximate surface area is 59.4 Å². The van der Waals surface area contributed by atoms with Crippen LogP contribution in [-0.2, 0) is 0 Å². The molecule has 1 rings (SSSR count). The van der Waals surface area contributed by atoms with Gasteiger partial charge in [0, 0.05) is 13.2 Å². The molecule has 0 fully saturated rings. The molecule has 0 saturated carbocycles. The molecule has 0 radical (unpaired) electrons. The molecule has 0 aliphatic carbocycles. The van der Waals surface area contributed by atoms with E-state index in [1.807, 2.05) is 6.07 Å². The van der Waals surface area contributed by atoms with Crippen molar-refractivity contribution in [3.63, 3.8) is 0 Å². The minimum Gasteiger partial charge on any atom is -0.382 e. The monoisotopic (exact) mass is 138 g/mol. The van der Waals surface area contributed by atoms with Gasteiger partial charge in [0.25, 0.3) is 0 Å². The molecular weight excluding hydrogens is 128 g/mol. The Morgan fingerprint density at radius 1 is 1.60 bits per heavy atom. The Bertz CT molecular complexity index is 221. The molecule has 4 nitrogen and oxygen atoms in total. The summed E-state index contributed by atoms with van der Waals surface area (Å²) in [5.41, 5.74) is 6.23. The zero-order chi connectivity index (χ0) is 7.56. The van der Waals surface area contributed by atoms with Crippen molar-refractivity contribution in [2.24, 2.45) is 5.84 Å². The van der Waals surface area contributed by atoms with E-state index in [-0.39, 0.29) is 0 Å². The average Bonchev–Trinajstić information content (AvgIpc) is 1.88. The topological polar surface area (TPSA) is 68.2 Å². The van der Waals surface area contributed by atoms with E-state index in [1.54, 1.807) is 19.3 Å². The second kappa shape index (κ2) is 2.53. The summed E-state index contributed by atoms with van der Waals surface area (Å²) in [7, 11) is 1.72. The molecule has 1 aromatic rings. The Balaban J connectivity index is 3.03. The molecule has 0 amide bonds. The molecular formula is C6H10N4. The first kappa shape index (κ1) is 6.82. The molecule has 0 unspecified atom stereocenters. The predicted molar refractivity (Wildman–Crippen MR) is 41.2 cm³/mol. The molecule has 4 heteroatoms. The standard InChI is InChI=1S/C6H10N4/c1-10(8)5-3-2-4-9-6(5)7/h2-4H,8H2,1H3,(H2,7,9). The van der Waals surface area contributed by atoms with E-state index in [0.717, 1.165) is 5.69 Å². The molecule has 0 saturated heterocycles. The molecule has 54 valence electrons. The molecule has 0 aliphatic rings. The normalized spacial score (nSPS) is 9.40. The van der Waals surface area contributed by atoms with Crippen LogP contribution in [0.2, 0.25) is 0 Å². The fraction of sp³-hybridized carbons (Fsp3) is 0.167. The van der Waals surface area contributed by atoms with Crippen molar-refractivity contribution in [1.29, 1.82) is 0 Å². The van der Waals surface area contributed by atoms with Gasteiger partial charge in [-0.2, -0.15) is 0 Å². The summed E-state index contributed by atoms with van der Waals surface area (Å²) >= 11 is 0. The van der Waals surface area contributed by atoms with Gasteiger partial charge in [-0.05, 0) is 12.1 Å². The minimum atomic E-state index is 0.451. The number of hydrazine groups is 1. The molecule has 0 aliphatic heterocycles. The number of anilines is 2. The van der Waals surface area contributed by atoms with E-state index in [0.29, 0.717) is 5.82 Å². The summed E-state index contributed by atoms with van der Waals surface area (Å²) < 4.78 is 0. The largest absolute Gasteiger partial charge is 0.382 e. The zero-order valence-corrected chi connectivity index (χ0v) is 5.78. The third-order valence-electron chi connectivity index (χ3n) is 1.20. The molecule has 1 heterocycles. The third kappa shape index (κ3) is 1.16. The number of pyridine rings is 1. The number of hydrogen-bond acceptors (Lipinski definition) is 4. The summed E-state index contributed by atoms with van der Waals surface area (Å²) in [4.78, 5) is 3.86. The van der Waals surface area contributed by atoms with Crippen LogP contribution in [0, 0.1) is 0 Å². The summed E-state index contributed by atoms with van der Waals surface area (Å²) in [6.07, 6.45) is 1.63. The van der Waals surface area contributed by atoms with Crippen molar-refractivity contribution in [1.82, 2.24) is 4.98 Å². The smallest absolute Gasteiger partial charge is 0.148 e. The first-order valence-corrected chi connectivity index (χ1v) is 2.90. The predicted octanol–water partition coefficient (Wildman–Crippen LogP) is -0.0263. The van der Waals surface area contributed by atoms with Gasteiger partial charge in [0.05, 0.1) is 5.69 Å². The number of aromatic nitrogens is 1. The van der Waals surface area contributed by atoms with Crippen molar-refractivity contribution >= 4 is 11.5 Å². The first-order valence-electron chi connectivity index (χ1n) is 2.90. The summed E-state index contributed by atoms with van der Waals surface area (Å²) in [6, 6.07) is 3.59. The van der Waals surface area contributed by atoms with Crippen LogP contribution in [0.15, 0.2) is 18.3 Å². The van der Waals surface area contributed by atoms with Crippen LogP contribution in [0.5, 0.6) is 0 Å². The SMILES string of the molecule is CN(N)c1cccnc1N. The second-order valence-corrected chi connectivity index (χ2v) is 2.02. The van der Waals surface area contributed by atoms with Gasteiger partial charge in [0.1, 0.15) is 5.82 Å². The van der Waals surface area contributed by atoms with Crippen LogP contribution in [0.4, 0.5) is 11.5 Å². The van der Waals surface area contributed by atoms with Crippen LogP contribution in [0.25, 0.3) is 0 Å². The number of hydrogen-bond donors (Lipinski definition) is 2. The molecule has 0 atom stereocenters. The van der Waals surface area contributed by atoms with E-state index in [9.17, 15) is 0 Å². The maximum Gasteiger partial charge on any atom is 0.148 e. The molecule has 10 heavy (non-hydrogen) atoms. The van der Waals surface area contributed by atoms with Gasteiger partial charge in [-0.3, -0.25) is 0 Å². The number of rotatable bonds is 1. The van der Waals surface area contributed by atoms with Gasteiger partial charge in [-0.25, -0.2) is 10.8 Å². The van der Waals surface area contributed by atoms with E-state index in [1.165, 1.54) is 5.01 Å². The lowest BCUT2D eigenvalue weighted by molar-refractivity contribution is 1.01. The first-order chi connectivity index (χ1) is 4.72. The fourth-order valence-electron chi connectivity index (χ4n) is 0.707. The van der Waals surface area contributed by atoms with Gasteiger partial charge in [0.2, 0.25) is 0 Å². The van der Waals surface area contributed by atoms with Crippen LogP contribution in [-0.4, -0.2) is 12.0 Å². The molecule has 4 N–H and O–H groups in total. The van der Waals surface area contributed by atoms with Crippen molar-refractivity contribution in [3.05, 3.63) is 18.3 Å². The van der Waals surface area contributed by atoms with Crippen LogP contribution < -0.4 is 16.6 Å². The lowest BCUT2D eigenvalue weighted by Gasteiger charge is -2.12. The lowest BCUT2D eigenvalue weighted by atomic mass is 10.4. The van der Waals surface area contributed by atoms with Gasteiger partial charge in [0.15, 0.2) is 0 Å². The van der Waals surface area contributed by atoms with Gasteiger partial charge in [-0.15, -0.1) is 0 Å². The summed E-state index contributed by atoms with van der Waals surface area (Å²) in [5, 5.41) is 1.43. The summed E-state index contributed by atoms with van der Waals surface area (Å²) in [6.45, 7) is 0. The number of nitrogens with two attached hydrogens (primary N) is 2. The van der Waals surface area contributed by atoms with E-state index < -0.39 is 0 Å². The zero-order valence-electron chi connectivity index (χ0n) is 5.78. The summed E-state index contributed by atoms with van der Waals surface area (Å²) in [5.74, 6) is 5.88. The van der Waals surface area contributed by atoms with E-state index in [4.69, 9.17) is 11.6 Å². The maximum atomic E-state index is 5.49. The van der Waals surface area contributed by atoms with Crippen molar-refractivity contribution in [2.45, 2.75) is 0 Å². The highest BCUT2D eigenvalue weighted by atomic mass is 15.4. The second-order valence-electron chi connectivity index (χ2n) is 2.02. The van der Waals surface area contributed by atoms with Crippen molar-refractivity contribution < 1.29 is 0 Å². The minimum absolute atomic E-state index is 0.451. The van der Waals surface area contributed by atoms with Gasteiger partial charge in [-0.1, -0.05) is 0 Å². The Kier molecular flexibility index (Phi) is 1.73. The number of nitrogens with zero attached hydrogens (tertiary/aromatic N) is 2. The van der Waals surface area contributed by atoms with E-state index in [2.05, 4.69) is 4.98 Å². The van der Waals surface area contributed by atoms with Crippen molar-refractivity contribution in [2.75, 3.05) is 17.8 Å². The molecule has 0 spiro atoms. The lowest BCUT2D eigenvalue weighted by Crippen LogP contribution is -2.26. The van der Waals surface area contributed by atoms with Crippen LogP contribution in [0.3, 0.4) is 0 Å².